The predicted molar refractivity (Wildman–Crippen MR) is 102 cm³/mol. The lowest BCUT2D eigenvalue weighted by atomic mass is 9.93. The van der Waals surface area contributed by atoms with Gasteiger partial charge < -0.3 is 5.73 Å². The smallest absolute Gasteiger partial charge is 0.142 e. The van der Waals surface area contributed by atoms with Crippen molar-refractivity contribution in [1.82, 2.24) is 4.98 Å². The quantitative estimate of drug-likeness (QED) is 0.611. The number of nitrogen functional groups attached to an aromatic ring is 1. The third-order valence-electron chi connectivity index (χ3n) is 3.83. The van der Waals surface area contributed by atoms with E-state index in [0.717, 1.165) is 32.4 Å². The number of anilines is 1. The van der Waals surface area contributed by atoms with Crippen LogP contribution >= 0.6 is 27.5 Å². The molecule has 2 N–H and O–H groups in total. The highest BCUT2D eigenvalue weighted by molar-refractivity contribution is 9.10. The Hall–Kier alpha value is -2.35. The first-order chi connectivity index (χ1) is 11.5. The van der Waals surface area contributed by atoms with E-state index < -0.39 is 0 Å². The molecule has 0 aliphatic carbocycles. The van der Waals surface area contributed by atoms with Gasteiger partial charge in [0.25, 0.3) is 0 Å². The molecule has 0 atom stereocenters. The van der Waals surface area contributed by atoms with Crippen LogP contribution in [-0.4, -0.2) is 4.98 Å². The van der Waals surface area contributed by atoms with Crippen LogP contribution in [0.1, 0.15) is 11.1 Å². The zero-order valence-electron chi connectivity index (χ0n) is 12.8. The fourth-order valence-corrected chi connectivity index (χ4v) is 3.06. The number of pyridine rings is 1. The molecule has 0 spiro atoms. The molecular formula is C19H13BrClN3. The fourth-order valence-electron chi connectivity index (χ4n) is 2.67. The molecule has 0 saturated heterocycles. The van der Waals surface area contributed by atoms with Crippen LogP contribution in [0.4, 0.5) is 5.82 Å². The molecule has 0 unspecified atom stereocenters. The number of benzene rings is 2. The summed E-state index contributed by atoms with van der Waals surface area (Å²) in [5, 5.41) is 10.2. The molecule has 0 aliphatic heterocycles. The molecule has 3 nitrogen and oxygen atoms in total. The lowest BCUT2D eigenvalue weighted by molar-refractivity contribution is 1.26. The van der Waals surface area contributed by atoms with Crippen LogP contribution in [0.2, 0.25) is 5.02 Å². The van der Waals surface area contributed by atoms with Gasteiger partial charge in [-0.25, -0.2) is 4.98 Å². The van der Waals surface area contributed by atoms with Crippen molar-refractivity contribution < 1.29 is 0 Å². The largest absolute Gasteiger partial charge is 0.383 e. The lowest BCUT2D eigenvalue weighted by Crippen LogP contribution is -2.03. The summed E-state index contributed by atoms with van der Waals surface area (Å²) >= 11 is 9.40. The van der Waals surface area contributed by atoms with Crippen LogP contribution in [0.15, 0.2) is 53.0 Å². The normalized spacial score (nSPS) is 10.4. The zero-order valence-corrected chi connectivity index (χ0v) is 15.2. The summed E-state index contributed by atoms with van der Waals surface area (Å²) in [6.07, 6.45) is 0. The SMILES string of the molecule is Cc1c(-c2ccc(Cl)cc2)nc(N)c(C#N)c1-c1ccc(Br)cc1. The monoisotopic (exact) mass is 397 g/mol. The van der Waals surface area contributed by atoms with Crippen LogP contribution < -0.4 is 5.73 Å². The highest BCUT2D eigenvalue weighted by Gasteiger charge is 2.18. The average molecular weight is 399 g/mol. The highest BCUT2D eigenvalue weighted by atomic mass is 79.9. The minimum atomic E-state index is 0.228. The van der Waals surface area contributed by atoms with E-state index in [9.17, 15) is 5.26 Å². The minimum absolute atomic E-state index is 0.228. The molecule has 1 heterocycles. The molecular weight excluding hydrogens is 386 g/mol. The summed E-state index contributed by atoms with van der Waals surface area (Å²) in [4.78, 5) is 4.45. The summed E-state index contributed by atoms with van der Waals surface area (Å²) < 4.78 is 0.974. The van der Waals surface area contributed by atoms with Crippen LogP contribution in [0, 0.1) is 18.3 Å². The maximum Gasteiger partial charge on any atom is 0.142 e. The molecule has 1 aromatic heterocycles. The fraction of sp³-hybridized carbons (Fsp3) is 0.0526. The summed E-state index contributed by atoms with van der Waals surface area (Å²) in [5.74, 6) is 0.228. The first-order valence-electron chi connectivity index (χ1n) is 7.23. The van der Waals surface area contributed by atoms with Gasteiger partial charge in [-0.15, -0.1) is 0 Å². The van der Waals surface area contributed by atoms with Crippen LogP contribution in [0.3, 0.4) is 0 Å². The zero-order chi connectivity index (χ0) is 17.3. The Bertz CT molecular complexity index is 942. The number of nitriles is 1. The Morgan fingerprint density at radius 2 is 1.62 bits per heavy atom. The van der Waals surface area contributed by atoms with E-state index in [1.165, 1.54) is 0 Å². The molecule has 0 fully saturated rings. The second-order valence-electron chi connectivity index (χ2n) is 5.35. The number of nitrogens with zero attached hydrogens (tertiary/aromatic N) is 2. The molecule has 0 bridgehead atoms. The highest BCUT2D eigenvalue weighted by Crippen LogP contribution is 2.36. The molecule has 0 saturated carbocycles. The van der Waals surface area contributed by atoms with Crippen molar-refractivity contribution in [3.8, 4) is 28.5 Å². The third kappa shape index (κ3) is 3.01. The number of hydrogen-bond acceptors (Lipinski definition) is 3. The van der Waals surface area contributed by atoms with Crippen molar-refractivity contribution >= 4 is 33.3 Å². The lowest BCUT2D eigenvalue weighted by Gasteiger charge is -2.15. The second-order valence-corrected chi connectivity index (χ2v) is 6.70. The number of rotatable bonds is 2. The van der Waals surface area contributed by atoms with E-state index in [2.05, 4.69) is 27.0 Å². The maximum atomic E-state index is 9.54. The Kier molecular flexibility index (Phi) is 4.57. The van der Waals surface area contributed by atoms with E-state index in [1.54, 1.807) is 0 Å². The van der Waals surface area contributed by atoms with Gasteiger partial charge in [-0.05, 0) is 42.3 Å². The molecule has 118 valence electrons. The van der Waals surface area contributed by atoms with E-state index in [0.29, 0.717) is 10.6 Å². The van der Waals surface area contributed by atoms with Gasteiger partial charge in [0.05, 0.1) is 5.69 Å². The van der Waals surface area contributed by atoms with Crippen molar-refractivity contribution in [2.24, 2.45) is 0 Å². The van der Waals surface area contributed by atoms with Gasteiger partial charge in [-0.2, -0.15) is 5.26 Å². The van der Waals surface area contributed by atoms with Crippen LogP contribution in [0.5, 0.6) is 0 Å². The van der Waals surface area contributed by atoms with Crippen molar-refractivity contribution in [3.05, 3.63) is 69.2 Å². The van der Waals surface area contributed by atoms with E-state index in [-0.39, 0.29) is 5.82 Å². The average Bonchev–Trinajstić information content (AvgIpc) is 2.58. The minimum Gasteiger partial charge on any atom is -0.383 e. The van der Waals surface area contributed by atoms with Gasteiger partial charge in [0.2, 0.25) is 0 Å². The maximum absolute atomic E-state index is 9.54. The number of hydrogen-bond donors (Lipinski definition) is 1. The molecule has 5 heteroatoms. The second kappa shape index (κ2) is 6.64. The van der Waals surface area contributed by atoms with Crippen molar-refractivity contribution in [2.75, 3.05) is 5.73 Å². The van der Waals surface area contributed by atoms with E-state index in [1.807, 2.05) is 55.5 Å². The Morgan fingerprint density at radius 1 is 1.04 bits per heavy atom. The summed E-state index contributed by atoms with van der Waals surface area (Å²) in [7, 11) is 0. The first-order valence-corrected chi connectivity index (χ1v) is 8.40. The van der Waals surface area contributed by atoms with E-state index >= 15 is 0 Å². The molecule has 3 aromatic rings. The summed E-state index contributed by atoms with van der Waals surface area (Å²) in [6.45, 7) is 1.95. The van der Waals surface area contributed by atoms with Gasteiger partial charge in [-0.3, -0.25) is 0 Å². The molecule has 3 rings (SSSR count). The van der Waals surface area contributed by atoms with Crippen molar-refractivity contribution in [3.63, 3.8) is 0 Å². The molecule has 24 heavy (non-hydrogen) atoms. The van der Waals surface area contributed by atoms with Gasteiger partial charge in [0.15, 0.2) is 0 Å². The molecule has 0 aliphatic rings. The van der Waals surface area contributed by atoms with Crippen molar-refractivity contribution in [2.45, 2.75) is 6.92 Å². The summed E-state index contributed by atoms with van der Waals surface area (Å²) in [6, 6.07) is 17.4. The topological polar surface area (TPSA) is 62.7 Å². The van der Waals surface area contributed by atoms with Gasteiger partial charge in [0.1, 0.15) is 17.5 Å². The Balaban J connectivity index is 2.29. The van der Waals surface area contributed by atoms with Crippen LogP contribution in [-0.2, 0) is 0 Å². The number of nitrogens with two attached hydrogens (primary N) is 1. The van der Waals surface area contributed by atoms with Gasteiger partial charge in [-0.1, -0.05) is 51.8 Å². The predicted octanol–water partition coefficient (Wildman–Crippen LogP) is 5.59. The molecule has 0 amide bonds. The number of aromatic nitrogens is 1. The Labute approximate surface area is 153 Å². The van der Waals surface area contributed by atoms with E-state index in [4.69, 9.17) is 17.3 Å². The molecule has 2 aromatic carbocycles. The van der Waals surface area contributed by atoms with Gasteiger partial charge in [0, 0.05) is 20.6 Å². The molecule has 0 radical (unpaired) electrons. The summed E-state index contributed by atoms with van der Waals surface area (Å²) in [5.41, 5.74) is 10.8. The first kappa shape index (κ1) is 16.5. The van der Waals surface area contributed by atoms with Gasteiger partial charge >= 0.3 is 0 Å². The van der Waals surface area contributed by atoms with Crippen molar-refractivity contribution in [1.29, 1.82) is 5.26 Å². The third-order valence-corrected chi connectivity index (χ3v) is 4.61. The van der Waals surface area contributed by atoms with Crippen LogP contribution in [0.25, 0.3) is 22.4 Å². The number of halogens is 2. The standard InChI is InChI=1S/C19H13BrClN3/c1-11-17(12-2-6-14(20)7-3-12)16(10-22)19(23)24-18(11)13-4-8-15(21)9-5-13/h2-9H,1H3,(H2,23,24). The Morgan fingerprint density at radius 3 is 2.21 bits per heavy atom.